The zero-order valence-electron chi connectivity index (χ0n) is 13.3. The van der Waals surface area contributed by atoms with Crippen molar-refractivity contribution in [2.45, 2.75) is 38.9 Å². The van der Waals surface area contributed by atoms with Crippen LogP contribution in [0.1, 0.15) is 23.3 Å². The van der Waals surface area contributed by atoms with E-state index in [1.165, 1.54) is 16.9 Å². The first-order valence-electron chi connectivity index (χ1n) is 7.77. The Balaban J connectivity index is 1.71. The summed E-state index contributed by atoms with van der Waals surface area (Å²) in [5, 5.41) is 3.49. The molecule has 0 saturated carbocycles. The number of anilines is 1. The van der Waals surface area contributed by atoms with Crippen molar-refractivity contribution >= 4 is 22.4 Å². The maximum Gasteiger partial charge on any atom is 0.255 e. The van der Waals surface area contributed by atoms with Gasteiger partial charge in [-0.3, -0.25) is 10.1 Å². The molecule has 6 heteroatoms. The molecule has 1 aliphatic heterocycles. The minimum absolute atomic E-state index is 0.00750. The highest BCUT2D eigenvalue weighted by Gasteiger charge is 2.30. The monoisotopic (exact) mass is 331 g/mol. The van der Waals surface area contributed by atoms with Crippen LogP contribution in [0.2, 0.25) is 0 Å². The lowest BCUT2D eigenvalue weighted by atomic mass is 10.1. The normalized spacial score (nSPS) is 20.7. The topological polar surface area (TPSA) is 77.2 Å². The van der Waals surface area contributed by atoms with Gasteiger partial charge in [-0.2, -0.15) is 0 Å². The summed E-state index contributed by atoms with van der Waals surface area (Å²) in [7, 11) is 0. The molecule has 5 nitrogen and oxygen atoms in total. The molecule has 1 aliphatic rings. The Hall–Kier alpha value is -1.76. The minimum atomic E-state index is -0.421. The summed E-state index contributed by atoms with van der Waals surface area (Å²) in [5.41, 5.74) is 8.77. The summed E-state index contributed by atoms with van der Waals surface area (Å²) in [6, 6.07) is 8.22. The van der Waals surface area contributed by atoms with Crippen molar-refractivity contribution < 1.29 is 9.53 Å². The molecule has 0 bridgehead atoms. The molecule has 0 unspecified atom stereocenters. The average Bonchev–Trinajstić information content (AvgIpc) is 3.15. The molecule has 2 atom stereocenters. The molecular weight excluding hydrogens is 310 g/mol. The number of nitrogens with one attached hydrogen (secondary N) is 1. The number of nitrogens with two attached hydrogens (primary N) is 1. The van der Waals surface area contributed by atoms with E-state index >= 15 is 0 Å². The molecule has 0 spiro atoms. The molecule has 1 aromatic heterocycles. The molecule has 0 radical (unpaired) electrons. The van der Waals surface area contributed by atoms with Crippen LogP contribution in [0.3, 0.4) is 0 Å². The van der Waals surface area contributed by atoms with Gasteiger partial charge in [-0.05, 0) is 26.7 Å². The zero-order chi connectivity index (χ0) is 16.4. The second-order valence-electron chi connectivity index (χ2n) is 5.84. The largest absolute Gasteiger partial charge is 0.364 e. The van der Waals surface area contributed by atoms with Gasteiger partial charge in [-0.15, -0.1) is 11.3 Å². The van der Waals surface area contributed by atoms with Crippen molar-refractivity contribution in [3.63, 3.8) is 0 Å². The third-order valence-corrected chi connectivity index (χ3v) is 4.90. The number of hydrogen-bond acceptors (Lipinski definition) is 5. The predicted octanol–water partition coefficient (Wildman–Crippen LogP) is 2.87. The van der Waals surface area contributed by atoms with Crippen LogP contribution in [0.25, 0.3) is 11.3 Å². The number of carbonyl (C=O) groups excluding carboxylic acids is 1. The molecule has 1 fully saturated rings. The van der Waals surface area contributed by atoms with Crippen molar-refractivity contribution in [2.24, 2.45) is 5.73 Å². The summed E-state index contributed by atoms with van der Waals surface area (Å²) < 4.78 is 5.62. The van der Waals surface area contributed by atoms with Crippen molar-refractivity contribution in [1.82, 2.24) is 4.98 Å². The molecule has 0 aliphatic carbocycles. The van der Waals surface area contributed by atoms with E-state index in [0.717, 1.165) is 22.6 Å². The maximum absolute atomic E-state index is 12.3. The number of benzene rings is 1. The number of aromatic nitrogens is 1. The summed E-state index contributed by atoms with van der Waals surface area (Å²) in [6.45, 7) is 4.52. The van der Waals surface area contributed by atoms with Crippen LogP contribution in [0, 0.1) is 13.8 Å². The lowest BCUT2D eigenvalue weighted by Crippen LogP contribution is -2.29. The summed E-state index contributed by atoms with van der Waals surface area (Å²) >= 11 is 1.48. The maximum atomic E-state index is 12.3. The first-order chi connectivity index (χ1) is 11.1. The Labute approximate surface area is 139 Å². The molecule has 1 saturated heterocycles. The Morgan fingerprint density at radius 3 is 2.74 bits per heavy atom. The molecule has 3 rings (SSSR count). The van der Waals surface area contributed by atoms with Gasteiger partial charge in [0.2, 0.25) is 0 Å². The van der Waals surface area contributed by atoms with E-state index < -0.39 is 6.10 Å². The molecule has 1 aromatic carbocycles. The zero-order valence-corrected chi connectivity index (χ0v) is 14.2. The standard InChI is InChI=1S/C17H21N3O2S/c1-10-3-5-12(6-4-10)15-11(2)23-17(19-15)20-16(21)14-8-7-13(9-18)22-14/h3-6,13-14H,7-9,18H2,1-2H3,(H,19,20,21)/t13-,14+/m1/s1. The van der Waals surface area contributed by atoms with Gasteiger partial charge in [0.15, 0.2) is 5.13 Å². The number of nitrogens with zero attached hydrogens (tertiary/aromatic N) is 1. The Kier molecular flexibility index (Phi) is 4.75. The fraction of sp³-hybridized carbons (Fsp3) is 0.412. The van der Waals surface area contributed by atoms with Crippen LogP contribution in [-0.2, 0) is 9.53 Å². The van der Waals surface area contributed by atoms with Crippen LogP contribution in [-0.4, -0.2) is 29.6 Å². The van der Waals surface area contributed by atoms with Crippen LogP contribution in [0.5, 0.6) is 0 Å². The van der Waals surface area contributed by atoms with E-state index in [2.05, 4.69) is 41.5 Å². The quantitative estimate of drug-likeness (QED) is 0.903. The van der Waals surface area contributed by atoms with E-state index in [-0.39, 0.29) is 12.0 Å². The summed E-state index contributed by atoms with van der Waals surface area (Å²) in [5.74, 6) is -0.134. The molecular formula is C17H21N3O2S. The highest BCUT2D eigenvalue weighted by atomic mass is 32.1. The third-order valence-electron chi connectivity index (χ3n) is 4.01. The van der Waals surface area contributed by atoms with E-state index in [1.54, 1.807) is 0 Å². The Morgan fingerprint density at radius 2 is 2.09 bits per heavy atom. The second-order valence-corrected chi connectivity index (χ2v) is 7.04. The Morgan fingerprint density at radius 1 is 1.35 bits per heavy atom. The van der Waals surface area contributed by atoms with E-state index in [9.17, 15) is 4.79 Å². The SMILES string of the molecule is Cc1ccc(-c2nc(NC(=O)[C@@H]3CC[C@H](CN)O3)sc2C)cc1. The first kappa shape index (κ1) is 16.1. The molecule has 23 heavy (non-hydrogen) atoms. The number of hydrogen-bond donors (Lipinski definition) is 2. The number of aryl methyl sites for hydroxylation is 2. The van der Waals surface area contributed by atoms with Gasteiger partial charge in [0, 0.05) is 17.0 Å². The first-order valence-corrected chi connectivity index (χ1v) is 8.59. The van der Waals surface area contributed by atoms with E-state index in [1.807, 2.05) is 6.92 Å². The molecule has 1 amide bonds. The molecule has 2 heterocycles. The fourth-order valence-electron chi connectivity index (χ4n) is 2.69. The smallest absolute Gasteiger partial charge is 0.255 e. The number of rotatable bonds is 4. The lowest BCUT2D eigenvalue weighted by molar-refractivity contribution is -0.126. The average molecular weight is 331 g/mol. The number of amides is 1. The lowest BCUT2D eigenvalue weighted by Gasteiger charge is -2.11. The van der Waals surface area contributed by atoms with Crippen molar-refractivity contribution in [2.75, 3.05) is 11.9 Å². The van der Waals surface area contributed by atoms with E-state index in [0.29, 0.717) is 18.1 Å². The number of ether oxygens (including phenoxy) is 1. The summed E-state index contributed by atoms with van der Waals surface area (Å²) in [6.07, 6.45) is 1.12. The fourth-order valence-corrected chi connectivity index (χ4v) is 3.53. The van der Waals surface area contributed by atoms with Crippen LogP contribution < -0.4 is 11.1 Å². The molecule has 122 valence electrons. The highest BCUT2D eigenvalue weighted by Crippen LogP contribution is 2.31. The predicted molar refractivity (Wildman–Crippen MR) is 92.6 cm³/mol. The minimum Gasteiger partial charge on any atom is -0.364 e. The van der Waals surface area contributed by atoms with E-state index in [4.69, 9.17) is 10.5 Å². The van der Waals surface area contributed by atoms with Crippen LogP contribution in [0.15, 0.2) is 24.3 Å². The van der Waals surface area contributed by atoms with Crippen molar-refractivity contribution in [3.8, 4) is 11.3 Å². The summed E-state index contributed by atoms with van der Waals surface area (Å²) in [4.78, 5) is 17.9. The second kappa shape index (κ2) is 6.78. The van der Waals surface area contributed by atoms with Gasteiger partial charge < -0.3 is 10.5 Å². The van der Waals surface area contributed by atoms with Gasteiger partial charge >= 0.3 is 0 Å². The van der Waals surface area contributed by atoms with Gasteiger partial charge in [0.05, 0.1) is 11.8 Å². The highest BCUT2D eigenvalue weighted by molar-refractivity contribution is 7.16. The molecule has 2 aromatic rings. The van der Waals surface area contributed by atoms with Crippen LogP contribution >= 0.6 is 11.3 Å². The van der Waals surface area contributed by atoms with Gasteiger partial charge in [-0.1, -0.05) is 29.8 Å². The van der Waals surface area contributed by atoms with Gasteiger partial charge in [0.1, 0.15) is 6.10 Å². The Bertz CT molecular complexity index is 696. The van der Waals surface area contributed by atoms with Crippen molar-refractivity contribution in [3.05, 3.63) is 34.7 Å². The van der Waals surface area contributed by atoms with Gasteiger partial charge in [0.25, 0.3) is 5.91 Å². The number of carbonyl (C=O) groups is 1. The van der Waals surface area contributed by atoms with Crippen molar-refractivity contribution in [1.29, 1.82) is 0 Å². The third kappa shape index (κ3) is 3.60. The van der Waals surface area contributed by atoms with Crippen LogP contribution in [0.4, 0.5) is 5.13 Å². The molecule has 3 N–H and O–H groups in total. The number of thiazole rings is 1. The van der Waals surface area contributed by atoms with Gasteiger partial charge in [-0.25, -0.2) is 4.98 Å².